The van der Waals surface area contributed by atoms with E-state index < -0.39 is 15.9 Å². The van der Waals surface area contributed by atoms with Gasteiger partial charge in [-0.05, 0) is 24.3 Å². The lowest BCUT2D eigenvalue weighted by atomic mass is 10.2. The molecule has 0 atom stereocenters. The lowest BCUT2D eigenvalue weighted by Crippen LogP contribution is -2.41. The van der Waals surface area contributed by atoms with Gasteiger partial charge in [0, 0.05) is 25.0 Å². The molecule has 10 heteroatoms. The van der Waals surface area contributed by atoms with Gasteiger partial charge in [0.1, 0.15) is 5.69 Å². The maximum absolute atomic E-state index is 12.1. The smallest absolute Gasteiger partial charge is 0.286 e. The molecule has 1 aromatic carbocycles. The van der Waals surface area contributed by atoms with E-state index >= 15 is 0 Å². The molecule has 1 heterocycles. The zero-order valence-corrected chi connectivity index (χ0v) is 12.8. The highest BCUT2D eigenvalue weighted by Gasteiger charge is 2.16. The molecule has 120 valence electrons. The highest BCUT2D eigenvalue weighted by Crippen LogP contribution is 2.10. The number of carbonyl (C=O) groups excluding carboxylic acids is 2. The third-order valence-electron chi connectivity index (χ3n) is 2.75. The van der Waals surface area contributed by atoms with Crippen LogP contribution in [-0.4, -0.2) is 37.2 Å². The predicted molar refractivity (Wildman–Crippen MR) is 79.7 cm³/mol. The fourth-order valence-electron chi connectivity index (χ4n) is 1.58. The molecule has 3 N–H and O–H groups in total. The summed E-state index contributed by atoms with van der Waals surface area (Å²) in [5.74, 6) is -1.08. The minimum absolute atomic E-state index is 0.0369. The van der Waals surface area contributed by atoms with Gasteiger partial charge in [-0.1, -0.05) is 0 Å². The second kappa shape index (κ2) is 6.94. The molecule has 0 aliphatic heterocycles. The van der Waals surface area contributed by atoms with Gasteiger partial charge in [-0.25, -0.2) is 13.4 Å². The summed E-state index contributed by atoms with van der Waals surface area (Å²) in [6, 6.07) is 5.22. The van der Waals surface area contributed by atoms with E-state index in [1.54, 1.807) is 0 Å². The second-order valence-electron chi connectivity index (χ2n) is 4.25. The summed E-state index contributed by atoms with van der Waals surface area (Å²) in [5.41, 5.74) is 2.31. The standard InChI is InChI=1S/C13H13N5O4S/c1-14-12(19)9-2-4-10(5-3-9)23(21,22)18-17-13(20)11-8-15-6-7-16-11/h2-8,18H,1H3,(H,14,19)(H,17,20). The Hall–Kier alpha value is -2.85. The van der Waals surface area contributed by atoms with Crippen LogP contribution in [0.5, 0.6) is 0 Å². The maximum atomic E-state index is 12.1. The first kappa shape index (κ1) is 16.5. The molecule has 9 nitrogen and oxygen atoms in total. The van der Waals surface area contributed by atoms with Crippen LogP contribution in [0.1, 0.15) is 20.8 Å². The van der Waals surface area contributed by atoms with Gasteiger partial charge in [0.15, 0.2) is 0 Å². The normalized spacial score (nSPS) is 10.8. The molecule has 0 bridgehead atoms. The molecule has 0 aliphatic carbocycles. The van der Waals surface area contributed by atoms with Crippen molar-refractivity contribution in [1.82, 2.24) is 25.5 Å². The number of amides is 2. The molecule has 23 heavy (non-hydrogen) atoms. The number of carbonyl (C=O) groups is 2. The van der Waals surface area contributed by atoms with E-state index in [4.69, 9.17) is 0 Å². The molecule has 0 unspecified atom stereocenters. The van der Waals surface area contributed by atoms with Gasteiger partial charge in [-0.15, -0.1) is 4.83 Å². The molecule has 0 spiro atoms. The second-order valence-corrected chi connectivity index (χ2v) is 5.94. The molecule has 0 saturated heterocycles. The zero-order chi connectivity index (χ0) is 16.9. The van der Waals surface area contributed by atoms with E-state index in [1.807, 2.05) is 10.3 Å². The molecular formula is C13H13N5O4S. The van der Waals surface area contributed by atoms with Crippen molar-refractivity contribution in [2.45, 2.75) is 4.90 Å². The number of hydrazine groups is 1. The summed E-state index contributed by atoms with van der Waals surface area (Å²) in [6.45, 7) is 0. The monoisotopic (exact) mass is 335 g/mol. The van der Waals surface area contributed by atoms with Crippen LogP contribution >= 0.6 is 0 Å². The van der Waals surface area contributed by atoms with Gasteiger partial charge in [0.25, 0.3) is 21.8 Å². The van der Waals surface area contributed by atoms with Crippen LogP contribution in [0.3, 0.4) is 0 Å². The van der Waals surface area contributed by atoms with Gasteiger partial charge < -0.3 is 5.32 Å². The van der Waals surface area contributed by atoms with Crippen LogP contribution in [0.2, 0.25) is 0 Å². The number of rotatable bonds is 5. The molecule has 1 aromatic heterocycles. The van der Waals surface area contributed by atoms with E-state index in [0.29, 0.717) is 5.56 Å². The van der Waals surface area contributed by atoms with E-state index in [0.717, 1.165) is 0 Å². The average Bonchev–Trinajstić information content (AvgIpc) is 2.60. The first-order chi connectivity index (χ1) is 10.9. The number of hydrogen-bond donors (Lipinski definition) is 3. The van der Waals surface area contributed by atoms with Gasteiger partial charge in [0.2, 0.25) is 0 Å². The Kier molecular flexibility index (Phi) is 4.98. The highest BCUT2D eigenvalue weighted by molar-refractivity contribution is 7.89. The van der Waals surface area contributed by atoms with Crippen molar-refractivity contribution in [3.05, 3.63) is 54.1 Å². The summed E-state index contributed by atoms with van der Waals surface area (Å²) in [4.78, 5) is 32.4. The first-order valence-corrected chi connectivity index (χ1v) is 7.82. The van der Waals surface area contributed by atoms with Crippen molar-refractivity contribution in [3.63, 3.8) is 0 Å². The van der Waals surface area contributed by atoms with Crippen molar-refractivity contribution in [2.75, 3.05) is 7.05 Å². The van der Waals surface area contributed by atoms with E-state index in [9.17, 15) is 18.0 Å². The molecule has 2 rings (SSSR count). The number of aromatic nitrogens is 2. The lowest BCUT2D eigenvalue weighted by Gasteiger charge is -2.08. The van der Waals surface area contributed by atoms with Crippen LogP contribution in [0.4, 0.5) is 0 Å². The molecular weight excluding hydrogens is 322 g/mol. The zero-order valence-electron chi connectivity index (χ0n) is 12.0. The minimum atomic E-state index is -3.97. The number of nitrogens with one attached hydrogen (secondary N) is 3. The summed E-state index contributed by atoms with van der Waals surface area (Å²) >= 11 is 0. The predicted octanol–water partition coefficient (Wildman–Crippen LogP) is -0.540. The summed E-state index contributed by atoms with van der Waals surface area (Å²) in [7, 11) is -2.51. The Morgan fingerprint density at radius 3 is 2.30 bits per heavy atom. The van der Waals surface area contributed by atoms with Crippen LogP contribution < -0.4 is 15.6 Å². The molecule has 0 aliphatic rings. The van der Waals surface area contributed by atoms with Gasteiger partial charge in [-0.2, -0.15) is 0 Å². The fraction of sp³-hybridized carbons (Fsp3) is 0.0769. The Morgan fingerprint density at radius 2 is 1.74 bits per heavy atom. The Labute approximate surface area is 132 Å². The topological polar surface area (TPSA) is 130 Å². The highest BCUT2D eigenvalue weighted by atomic mass is 32.2. The quantitative estimate of drug-likeness (QED) is 0.629. The number of sulfonamides is 1. The Bertz CT molecular complexity index is 806. The van der Waals surface area contributed by atoms with E-state index in [1.165, 1.54) is 49.9 Å². The van der Waals surface area contributed by atoms with Crippen LogP contribution in [0.25, 0.3) is 0 Å². The third-order valence-corrected chi connectivity index (χ3v) is 4.01. The van der Waals surface area contributed by atoms with E-state index in [-0.39, 0.29) is 16.5 Å². The summed E-state index contributed by atoms with van der Waals surface area (Å²) < 4.78 is 24.1. The van der Waals surface area contributed by atoms with Crippen molar-refractivity contribution in [2.24, 2.45) is 0 Å². The van der Waals surface area contributed by atoms with Gasteiger partial charge in [0.05, 0.1) is 11.1 Å². The van der Waals surface area contributed by atoms with Crippen molar-refractivity contribution in [3.8, 4) is 0 Å². The molecule has 2 aromatic rings. The number of hydrogen-bond acceptors (Lipinski definition) is 6. The maximum Gasteiger partial charge on any atom is 0.286 e. The first-order valence-electron chi connectivity index (χ1n) is 6.34. The van der Waals surface area contributed by atoms with Crippen molar-refractivity contribution in [1.29, 1.82) is 0 Å². The van der Waals surface area contributed by atoms with Crippen molar-refractivity contribution >= 4 is 21.8 Å². The Balaban J connectivity index is 2.07. The van der Waals surface area contributed by atoms with Crippen LogP contribution in [0.15, 0.2) is 47.8 Å². The largest absolute Gasteiger partial charge is 0.355 e. The average molecular weight is 335 g/mol. The minimum Gasteiger partial charge on any atom is -0.355 e. The van der Waals surface area contributed by atoms with Gasteiger partial charge >= 0.3 is 0 Å². The van der Waals surface area contributed by atoms with E-state index in [2.05, 4.69) is 15.3 Å². The van der Waals surface area contributed by atoms with Crippen LogP contribution in [-0.2, 0) is 10.0 Å². The van der Waals surface area contributed by atoms with Gasteiger partial charge in [-0.3, -0.25) is 20.0 Å². The number of benzene rings is 1. The summed E-state index contributed by atoms with van der Waals surface area (Å²) in [6.07, 6.45) is 3.89. The lowest BCUT2D eigenvalue weighted by molar-refractivity contribution is 0.0937. The van der Waals surface area contributed by atoms with Crippen LogP contribution in [0, 0.1) is 0 Å². The SMILES string of the molecule is CNC(=O)c1ccc(S(=O)(=O)NNC(=O)c2cnccn2)cc1. The third kappa shape index (κ3) is 4.08. The molecule has 2 amide bonds. The molecule has 0 radical (unpaired) electrons. The van der Waals surface area contributed by atoms with Crippen molar-refractivity contribution < 1.29 is 18.0 Å². The number of nitrogens with zero attached hydrogens (tertiary/aromatic N) is 2. The molecule has 0 saturated carbocycles. The summed E-state index contributed by atoms with van der Waals surface area (Å²) in [5, 5.41) is 2.42. The fourth-order valence-corrected chi connectivity index (χ4v) is 2.42. The molecule has 0 fully saturated rings. The Morgan fingerprint density at radius 1 is 1.04 bits per heavy atom.